The molecule has 1 N–H and O–H groups in total. The van der Waals surface area contributed by atoms with Crippen molar-refractivity contribution in [3.63, 3.8) is 0 Å². The van der Waals surface area contributed by atoms with Gasteiger partial charge in [0.05, 0.1) is 5.60 Å². The summed E-state index contributed by atoms with van der Waals surface area (Å²) in [5.74, 6) is 0.258. The molecule has 1 fully saturated rings. The van der Waals surface area contributed by atoms with Crippen LogP contribution < -0.4 is 4.90 Å². The van der Waals surface area contributed by atoms with Gasteiger partial charge in [-0.05, 0) is 54.5 Å². The lowest BCUT2D eigenvalue weighted by Gasteiger charge is -2.41. The second kappa shape index (κ2) is 7.28. The highest BCUT2D eigenvalue weighted by atomic mass is 79.9. The first-order chi connectivity index (χ1) is 11.5. The van der Waals surface area contributed by atoms with Crippen LogP contribution in [0.4, 0.5) is 5.69 Å². The van der Waals surface area contributed by atoms with Crippen LogP contribution in [0.15, 0.2) is 53.0 Å². The summed E-state index contributed by atoms with van der Waals surface area (Å²) in [6.07, 6.45) is 5.14. The van der Waals surface area contributed by atoms with Crippen molar-refractivity contribution in [3.8, 4) is 0 Å². The van der Waals surface area contributed by atoms with Crippen LogP contribution in [0.1, 0.15) is 36.8 Å². The number of rotatable bonds is 4. The van der Waals surface area contributed by atoms with Gasteiger partial charge in [-0.2, -0.15) is 0 Å². The second-order valence-corrected chi connectivity index (χ2v) is 8.02. The van der Waals surface area contributed by atoms with Crippen molar-refractivity contribution in [1.82, 2.24) is 0 Å². The van der Waals surface area contributed by atoms with E-state index in [0.717, 1.165) is 35.7 Å². The number of hydrogen-bond donors (Lipinski definition) is 1. The molecule has 24 heavy (non-hydrogen) atoms. The summed E-state index contributed by atoms with van der Waals surface area (Å²) in [5.41, 5.74) is 2.90. The summed E-state index contributed by atoms with van der Waals surface area (Å²) in [6.45, 7) is 0. The van der Waals surface area contributed by atoms with Crippen LogP contribution in [0.25, 0.3) is 0 Å². The van der Waals surface area contributed by atoms with Gasteiger partial charge in [0.2, 0.25) is 0 Å². The molecule has 0 bridgehead atoms. The third-order valence-corrected chi connectivity index (χ3v) is 5.85. The fourth-order valence-electron chi connectivity index (χ4n) is 4.00. The zero-order chi connectivity index (χ0) is 17.2. The Bertz CT molecular complexity index is 682. The van der Waals surface area contributed by atoms with Crippen LogP contribution in [0.3, 0.4) is 0 Å². The topological polar surface area (TPSA) is 23.5 Å². The van der Waals surface area contributed by atoms with E-state index in [1.54, 1.807) is 0 Å². The Hall–Kier alpha value is -1.32. The summed E-state index contributed by atoms with van der Waals surface area (Å²) in [4.78, 5) is 2.16. The molecule has 1 aliphatic rings. The van der Waals surface area contributed by atoms with Gasteiger partial charge in [-0.15, -0.1) is 0 Å². The lowest BCUT2D eigenvalue weighted by atomic mass is 9.69. The number of para-hydroxylation sites is 1. The number of aliphatic hydroxyl groups is 1. The molecular weight excluding hydrogens is 362 g/mol. The van der Waals surface area contributed by atoms with Gasteiger partial charge in [-0.3, -0.25) is 0 Å². The normalized spacial score (nSPS) is 23.9. The first kappa shape index (κ1) is 17.5. The Morgan fingerprint density at radius 2 is 1.79 bits per heavy atom. The molecule has 1 aliphatic carbocycles. The molecule has 0 saturated heterocycles. The molecule has 3 rings (SSSR count). The molecule has 2 aromatic carbocycles. The highest BCUT2D eigenvalue weighted by Crippen LogP contribution is 2.44. The minimum absolute atomic E-state index is 0.258. The molecule has 0 aromatic heterocycles. The van der Waals surface area contributed by atoms with E-state index in [2.05, 4.69) is 71.3 Å². The highest BCUT2D eigenvalue weighted by molar-refractivity contribution is 9.10. The summed E-state index contributed by atoms with van der Waals surface area (Å²) >= 11 is 3.49. The minimum Gasteiger partial charge on any atom is -0.385 e. The Kier molecular flexibility index (Phi) is 5.31. The van der Waals surface area contributed by atoms with E-state index in [1.807, 2.05) is 12.1 Å². The highest BCUT2D eigenvalue weighted by Gasteiger charge is 2.40. The van der Waals surface area contributed by atoms with Crippen LogP contribution in [0, 0.1) is 5.92 Å². The molecule has 2 aromatic rings. The summed E-state index contributed by atoms with van der Waals surface area (Å²) < 4.78 is 1.06. The monoisotopic (exact) mass is 387 g/mol. The van der Waals surface area contributed by atoms with Crippen LogP contribution in [-0.4, -0.2) is 19.2 Å². The molecule has 2 nitrogen and oxygen atoms in total. The Balaban J connectivity index is 1.92. The van der Waals surface area contributed by atoms with E-state index in [9.17, 15) is 5.11 Å². The molecule has 0 radical (unpaired) electrons. The van der Waals surface area contributed by atoms with Crippen LogP contribution in [0.2, 0.25) is 0 Å². The van der Waals surface area contributed by atoms with Gasteiger partial charge < -0.3 is 10.0 Å². The van der Waals surface area contributed by atoms with Crippen LogP contribution in [-0.2, 0) is 12.0 Å². The zero-order valence-electron chi connectivity index (χ0n) is 14.5. The van der Waals surface area contributed by atoms with E-state index in [0.29, 0.717) is 0 Å². The van der Waals surface area contributed by atoms with Crippen molar-refractivity contribution in [2.24, 2.45) is 5.92 Å². The van der Waals surface area contributed by atoms with Gasteiger partial charge in [0, 0.05) is 24.3 Å². The maximum Gasteiger partial charge on any atom is 0.0927 e. The van der Waals surface area contributed by atoms with E-state index in [4.69, 9.17) is 0 Å². The summed E-state index contributed by atoms with van der Waals surface area (Å²) in [6, 6.07) is 16.8. The molecule has 2 unspecified atom stereocenters. The Labute approximate surface area is 153 Å². The van der Waals surface area contributed by atoms with E-state index >= 15 is 0 Å². The SMILES string of the molecule is CN(C)c1ccccc1CC1CCCCC1(O)c1ccc(Br)cc1. The van der Waals surface area contributed by atoms with E-state index in [-0.39, 0.29) is 5.92 Å². The number of halogens is 1. The van der Waals surface area contributed by atoms with Crippen molar-refractivity contribution in [2.45, 2.75) is 37.7 Å². The molecule has 0 heterocycles. The molecule has 2 atom stereocenters. The van der Waals surface area contributed by atoms with Crippen molar-refractivity contribution in [3.05, 3.63) is 64.1 Å². The fourth-order valence-corrected chi connectivity index (χ4v) is 4.27. The van der Waals surface area contributed by atoms with Gasteiger partial charge in [-0.1, -0.05) is 59.1 Å². The first-order valence-corrected chi connectivity index (χ1v) is 9.53. The molecular formula is C21H26BrNO. The number of nitrogens with zero attached hydrogens (tertiary/aromatic N) is 1. The van der Waals surface area contributed by atoms with Gasteiger partial charge in [-0.25, -0.2) is 0 Å². The molecule has 1 saturated carbocycles. The third-order valence-electron chi connectivity index (χ3n) is 5.32. The van der Waals surface area contributed by atoms with Gasteiger partial charge in [0.15, 0.2) is 0 Å². The smallest absolute Gasteiger partial charge is 0.0927 e. The maximum atomic E-state index is 11.6. The van der Waals surface area contributed by atoms with Gasteiger partial charge >= 0.3 is 0 Å². The van der Waals surface area contributed by atoms with Crippen molar-refractivity contribution in [2.75, 3.05) is 19.0 Å². The molecule has 128 valence electrons. The molecule has 0 aliphatic heterocycles. The zero-order valence-corrected chi connectivity index (χ0v) is 16.1. The van der Waals surface area contributed by atoms with Crippen molar-refractivity contribution in [1.29, 1.82) is 0 Å². The Morgan fingerprint density at radius 1 is 1.08 bits per heavy atom. The lowest BCUT2D eigenvalue weighted by Crippen LogP contribution is -2.39. The predicted molar refractivity (Wildman–Crippen MR) is 104 cm³/mol. The van der Waals surface area contributed by atoms with E-state index in [1.165, 1.54) is 17.7 Å². The third kappa shape index (κ3) is 3.52. The molecule has 0 amide bonds. The second-order valence-electron chi connectivity index (χ2n) is 7.10. The summed E-state index contributed by atoms with van der Waals surface area (Å²) in [5, 5.41) is 11.6. The standard InChI is InChI=1S/C21H26BrNO/c1-23(2)20-9-4-3-7-16(20)15-18-8-5-6-14-21(18,24)17-10-12-19(22)13-11-17/h3-4,7,9-13,18,24H,5-6,8,14-15H2,1-2H3. The summed E-state index contributed by atoms with van der Waals surface area (Å²) in [7, 11) is 4.17. The van der Waals surface area contributed by atoms with Crippen molar-refractivity contribution < 1.29 is 5.11 Å². The number of anilines is 1. The predicted octanol–water partition coefficient (Wildman–Crippen LogP) is 5.14. The molecule has 0 spiro atoms. The largest absolute Gasteiger partial charge is 0.385 e. The maximum absolute atomic E-state index is 11.6. The average molecular weight is 388 g/mol. The quantitative estimate of drug-likeness (QED) is 0.785. The lowest BCUT2D eigenvalue weighted by molar-refractivity contribution is -0.0542. The number of hydrogen-bond acceptors (Lipinski definition) is 2. The number of benzene rings is 2. The van der Waals surface area contributed by atoms with Gasteiger partial charge in [0.1, 0.15) is 0 Å². The van der Waals surface area contributed by atoms with Crippen molar-refractivity contribution >= 4 is 21.6 Å². The van der Waals surface area contributed by atoms with Crippen LogP contribution in [0.5, 0.6) is 0 Å². The van der Waals surface area contributed by atoms with Crippen LogP contribution >= 0.6 is 15.9 Å². The first-order valence-electron chi connectivity index (χ1n) is 8.74. The van der Waals surface area contributed by atoms with E-state index < -0.39 is 5.60 Å². The minimum atomic E-state index is -0.724. The Morgan fingerprint density at radius 3 is 2.50 bits per heavy atom. The average Bonchev–Trinajstić information content (AvgIpc) is 2.58. The van der Waals surface area contributed by atoms with Gasteiger partial charge in [0.25, 0.3) is 0 Å². The fraction of sp³-hybridized carbons (Fsp3) is 0.429. The molecule has 3 heteroatoms.